The van der Waals surface area contributed by atoms with E-state index in [1.807, 2.05) is 0 Å². The first kappa shape index (κ1) is 30.1. The third-order valence-corrected chi connectivity index (χ3v) is 12.8. The van der Waals surface area contributed by atoms with Crippen LogP contribution in [0.15, 0.2) is 194 Å². The molecule has 0 nitrogen and oxygen atoms in total. The predicted molar refractivity (Wildman–Crippen MR) is 242 cm³/mol. The zero-order valence-electron chi connectivity index (χ0n) is 30.5. The highest BCUT2D eigenvalue weighted by Gasteiger charge is 2.28. The molecular weight excluding hydrogens is 673 g/mol. The molecule has 1 aliphatic carbocycles. The maximum atomic E-state index is 2.43. The van der Waals surface area contributed by atoms with Crippen molar-refractivity contribution < 1.29 is 0 Å². The topological polar surface area (TPSA) is 0 Å². The van der Waals surface area contributed by atoms with Gasteiger partial charge in [-0.3, -0.25) is 0 Å². The monoisotopic (exact) mass is 704 g/mol. The van der Waals surface area contributed by atoms with Gasteiger partial charge in [-0.05, 0) is 131 Å². The van der Waals surface area contributed by atoms with E-state index in [1.165, 1.54) is 131 Å². The Labute approximate surface area is 323 Å². The largest absolute Gasteiger partial charge is 0.0616 e. The van der Waals surface area contributed by atoms with Crippen LogP contribution in [0.2, 0.25) is 0 Å². The van der Waals surface area contributed by atoms with E-state index < -0.39 is 0 Å². The van der Waals surface area contributed by atoms with E-state index >= 15 is 0 Å². The van der Waals surface area contributed by atoms with Crippen LogP contribution in [0.5, 0.6) is 0 Å². The van der Waals surface area contributed by atoms with Gasteiger partial charge in [0.2, 0.25) is 0 Å². The summed E-state index contributed by atoms with van der Waals surface area (Å²) in [5, 5.41) is 20.4. The Morgan fingerprint density at radius 2 is 0.357 bits per heavy atom. The summed E-state index contributed by atoms with van der Waals surface area (Å²) >= 11 is 0. The van der Waals surface area contributed by atoms with Gasteiger partial charge in [-0.2, -0.15) is 0 Å². The standard InChI is InChI=1S/C56H32/c1-5-13-37-33(9-1)17-21-45-41(37)25-29-49-53(45)50-30-26-42-38-14-6-2-11-35(38)19-23-47(42)55(50)52-32-28-44-40-16-8-4-12-36(40)20-24-48(44)56(52)51-31-27-43-39-15-7-3-10-34(39)18-22-46(43)54(49)51/h1-32H. The van der Waals surface area contributed by atoms with Crippen LogP contribution >= 0.6 is 0 Å². The maximum absolute atomic E-state index is 2.43. The van der Waals surface area contributed by atoms with Crippen LogP contribution < -0.4 is 0 Å². The summed E-state index contributed by atoms with van der Waals surface area (Å²) in [6.07, 6.45) is 0. The van der Waals surface area contributed by atoms with Crippen molar-refractivity contribution in [2.75, 3.05) is 0 Å². The molecule has 0 unspecified atom stereocenters. The molecule has 0 aromatic heterocycles. The molecule has 12 aromatic rings. The summed E-state index contributed by atoms with van der Waals surface area (Å²) in [4.78, 5) is 0. The van der Waals surface area contributed by atoms with Gasteiger partial charge in [0.25, 0.3) is 0 Å². The second kappa shape index (κ2) is 11.1. The maximum Gasteiger partial charge on any atom is -0.00197 e. The zero-order valence-corrected chi connectivity index (χ0v) is 30.5. The number of benzene rings is 12. The molecular formula is C56H32. The summed E-state index contributed by atoms with van der Waals surface area (Å²) < 4.78 is 0. The minimum Gasteiger partial charge on any atom is -0.0616 e. The van der Waals surface area contributed by atoms with Gasteiger partial charge >= 0.3 is 0 Å². The van der Waals surface area contributed by atoms with Crippen LogP contribution in [0, 0.1) is 0 Å². The molecule has 0 N–H and O–H groups in total. The number of hydrogen-bond acceptors (Lipinski definition) is 0. The highest BCUT2D eigenvalue weighted by atomic mass is 14.3. The average Bonchev–Trinajstić information content (AvgIpc) is 3.26. The molecule has 0 aliphatic heterocycles. The molecule has 12 aromatic carbocycles. The average molecular weight is 705 g/mol. The first-order valence-corrected chi connectivity index (χ1v) is 19.6. The van der Waals surface area contributed by atoms with Crippen LogP contribution in [0.3, 0.4) is 0 Å². The van der Waals surface area contributed by atoms with Crippen molar-refractivity contribution in [2.45, 2.75) is 0 Å². The van der Waals surface area contributed by atoms with Gasteiger partial charge in [0, 0.05) is 0 Å². The van der Waals surface area contributed by atoms with Gasteiger partial charge in [0.15, 0.2) is 0 Å². The first-order valence-electron chi connectivity index (χ1n) is 19.6. The second-order valence-corrected chi connectivity index (χ2v) is 15.5. The van der Waals surface area contributed by atoms with E-state index in [4.69, 9.17) is 0 Å². The van der Waals surface area contributed by atoms with Crippen molar-refractivity contribution in [1.82, 2.24) is 0 Å². The molecule has 56 heavy (non-hydrogen) atoms. The van der Waals surface area contributed by atoms with Crippen LogP contribution in [0.4, 0.5) is 0 Å². The van der Waals surface area contributed by atoms with Gasteiger partial charge in [-0.25, -0.2) is 0 Å². The minimum absolute atomic E-state index is 1.26. The lowest BCUT2D eigenvalue weighted by molar-refractivity contribution is 1.60. The van der Waals surface area contributed by atoms with Crippen LogP contribution in [0.25, 0.3) is 131 Å². The zero-order chi connectivity index (χ0) is 36.5. The van der Waals surface area contributed by atoms with E-state index in [0.717, 1.165) is 0 Å². The Kier molecular flexibility index (Phi) is 5.98. The fourth-order valence-corrected chi connectivity index (χ4v) is 10.3. The van der Waals surface area contributed by atoms with Crippen molar-refractivity contribution in [3.05, 3.63) is 194 Å². The molecule has 13 rings (SSSR count). The lowest BCUT2D eigenvalue weighted by Gasteiger charge is -2.28. The van der Waals surface area contributed by atoms with E-state index in [-0.39, 0.29) is 0 Å². The van der Waals surface area contributed by atoms with Gasteiger partial charge in [0.1, 0.15) is 0 Å². The Morgan fingerprint density at radius 3 is 0.607 bits per heavy atom. The fourth-order valence-electron chi connectivity index (χ4n) is 10.3. The lowest BCUT2D eigenvalue weighted by Crippen LogP contribution is -2.01. The number of rotatable bonds is 0. The Bertz CT molecular complexity index is 3170. The van der Waals surface area contributed by atoms with Gasteiger partial charge in [-0.1, -0.05) is 194 Å². The smallest absolute Gasteiger partial charge is 0.00197 e. The van der Waals surface area contributed by atoms with E-state index in [2.05, 4.69) is 194 Å². The third-order valence-electron chi connectivity index (χ3n) is 12.8. The van der Waals surface area contributed by atoms with Crippen molar-refractivity contribution in [2.24, 2.45) is 0 Å². The van der Waals surface area contributed by atoms with E-state index in [1.54, 1.807) is 0 Å². The van der Waals surface area contributed by atoms with E-state index in [0.29, 0.717) is 0 Å². The number of fused-ring (bicyclic) bond motifs is 24. The highest BCUT2D eigenvalue weighted by molar-refractivity contribution is 6.28. The third kappa shape index (κ3) is 3.98. The predicted octanol–water partition coefficient (Wildman–Crippen LogP) is 15.9. The molecule has 0 amide bonds. The van der Waals surface area contributed by atoms with Gasteiger partial charge in [0.05, 0.1) is 0 Å². The highest BCUT2D eigenvalue weighted by Crippen LogP contribution is 2.56. The summed E-state index contributed by atoms with van der Waals surface area (Å²) in [6.45, 7) is 0. The molecule has 1 aliphatic rings. The van der Waals surface area contributed by atoms with Crippen molar-refractivity contribution in [3.63, 3.8) is 0 Å². The van der Waals surface area contributed by atoms with Crippen LogP contribution in [-0.2, 0) is 0 Å². The Hall–Kier alpha value is -7.28. The molecule has 0 spiro atoms. The summed E-state index contributed by atoms with van der Waals surface area (Å²) in [5.41, 5.74) is 10.3. The summed E-state index contributed by atoms with van der Waals surface area (Å²) in [7, 11) is 0. The number of hydrogen-bond donors (Lipinski definition) is 0. The lowest BCUT2D eigenvalue weighted by atomic mass is 9.75. The molecule has 0 heteroatoms. The van der Waals surface area contributed by atoms with Gasteiger partial charge in [-0.15, -0.1) is 0 Å². The SMILES string of the molecule is c1ccc2c(c1)ccc1c3c(ccc12)-c1c(ccc2c1ccc1ccccc12)-c1c(ccc2c1ccc1ccccc12)-c1c-3ccc2c1ccc1ccccc12. The molecule has 0 saturated carbocycles. The molecule has 0 bridgehead atoms. The summed E-state index contributed by atoms with van der Waals surface area (Å²) in [6, 6.07) is 73.3. The molecule has 0 radical (unpaired) electrons. The van der Waals surface area contributed by atoms with Crippen molar-refractivity contribution in [3.8, 4) is 44.5 Å². The molecule has 0 heterocycles. The van der Waals surface area contributed by atoms with Crippen molar-refractivity contribution in [1.29, 1.82) is 0 Å². The Balaban J connectivity index is 1.31. The minimum atomic E-state index is 1.26. The van der Waals surface area contributed by atoms with E-state index in [9.17, 15) is 0 Å². The Morgan fingerprint density at radius 1 is 0.143 bits per heavy atom. The molecule has 0 atom stereocenters. The molecule has 0 saturated heterocycles. The quantitative estimate of drug-likeness (QED) is 0.138. The van der Waals surface area contributed by atoms with Gasteiger partial charge < -0.3 is 0 Å². The normalized spacial score (nSPS) is 12.3. The van der Waals surface area contributed by atoms with Crippen LogP contribution in [-0.4, -0.2) is 0 Å². The molecule has 256 valence electrons. The second-order valence-electron chi connectivity index (χ2n) is 15.5. The van der Waals surface area contributed by atoms with Crippen LogP contribution in [0.1, 0.15) is 0 Å². The first-order chi connectivity index (χ1) is 27.8. The van der Waals surface area contributed by atoms with Crippen molar-refractivity contribution >= 4 is 86.2 Å². The molecule has 0 fully saturated rings. The fraction of sp³-hybridized carbons (Fsp3) is 0. The summed E-state index contributed by atoms with van der Waals surface area (Å²) in [5.74, 6) is 0.